The van der Waals surface area contributed by atoms with Crippen molar-refractivity contribution in [3.8, 4) is 0 Å². The van der Waals surface area contributed by atoms with Crippen molar-refractivity contribution in [1.29, 1.82) is 0 Å². The number of aliphatic carboxylic acids is 1. The molecule has 0 unspecified atom stereocenters. The number of nitrogens with one attached hydrogen (secondary N) is 1. The third-order valence-corrected chi connectivity index (χ3v) is 4.53. The Hall–Kier alpha value is -1.93. The molecule has 4 N–H and O–H groups in total. The maximum absolute atomic E-state index is 12.2. The highest BCUT2D eigenvalue weighted by atomic mass is 32.2. The monoisotopic (exact) mass is 314 g/mol. The second-order valence-corrected chi connectivity index (χ2v) is 6.48. The van der Waals surface area contributed by atoms with Crippen LogP contribution in [0.2, 0.25) is 0 Å². The van der Waals surface area contributed by atoms with Crippen LogP contribution in [-0.2, 0) is 19.6 Å². The number of hydrogen-bond acceptors (Lipinski definition) is 4. The minimum Gasteiger partial charge on any atom is -0.480 e. The molecule has 0 saturated heterocycles. The predicted molar refractivity (Wildman–Crippen MR) is 76.1 cm³/mol. The highest BCUT2D eigenvalue weighted by Crippen LogP contribution is 2.15. The number of nitrogens with two attached hydrogens (primary N) is 1. The number of carboxylic acid groups (broad SMARTS) is 1. The van der Waals surface area contributed by atoms with Gasteiger partial charge in [0.1, 0.15) is 6.04 Å². The quantitative estimate of drug-likeness (QED) is 0.667. The maximum atomic E-state index is 12.2. The third kappa shape index (κ3) is 4.83. The summed E-state index contributed by atoms with van der Waals surface area (Å²) in [4.78, 5) is 21.7. The number of aryl methyl sites for hydroxylation is 2. The molecule has 21 heavy (non-hydrogen) atoms. The molecule has 0 heterocycles. The molecule has 1 rings (SSSR count). The zero-order valence-electron chi connectivity index (χ0n) is 11.8. The van der Waals surface area contributed by atoms with Gasteiger partial charge in [-0.15, -0.1) is 0 Å². The summed E-state index contributed by atoms with van der Waals surface area (Å²) < 4.78 is 26.4. The number of benzene rings is 1. The van der Waals surface area contributed by atoms with Crippen molar-refractivity contribution < 1.29 is 23.1 Å². The molecule has 1 amide bonds. The normalized spacial score (nSPS) is 12.9. The average molecular weight is 314 g/mol. The fourth-order valence-corrected chi connectivity index (χ4v) is 2.96. The molecule has 0 aliphatic carbocycles. The molecule has 8 heteroatoms. The lowest BCUT2D eigenvalue weighted by atomic mass is 10.1. The van der Waals surface area contributed by atoms with E-state index in [2.05, 4.69) is 4.72 Å². The first-order valence-electron chi connectivity index (χ1n) is 6.24. The largest absolute Gasteiger partial charge is 0.480 e. The van der Waals surface area contributed by atoms with Gasteiger partial charge in [-0.2, -0.15) is 4.72 Å². The third-order valence-electron chi connectivity index (χ3n) is 3.06. The molecular weight excluding hydrogens is 296 g/mol. The molecule has 0 aromatic heterocycles. The van der Waals surface area contributed by atoms with Crippen LogP contribution in [0, 0.1) is 13.8 Å². The Morgan fingerprint density at radius 3 is 2.38 bits per heavy atom. The Morgan fingerprint density at radius 1 is 1.29 bits per heavy atom. The fraction of sp³-hybridized carbons (Fsp3) is 0.385. The number of hydrogen-bond donors (Lipinski definition) is 3. The molecule has 0 aliphatic heterocycles. The molecular formula is C13H18N2O5S. The molecule has 1 aromatic carbocycles. The van der Waals surface area contributed by atoms with Crippen LogP contribution in [0.1, 0.15) is 24.0 Å². The minimum atomic E-state index is -3.97. The van der Waals surface area contributed by atoms with E-state index in [-0.39, 0.29) is 17.7 Å². The number of carbonyl (C=O) groups is 2. The van der Waals surface area contributed by atoms with Gasteiger partial charge in [-0.05, 0) is 43.5 Å². The average Bonchev–Trinajstić information content (AvgIpc) is 2.37. The summed E-state index contributed by atoms with van der Waals surface area (Å²) in [5.74, 6) is -2.05. The summed E-state index contributed by atoms with van der Waals surface area (Å²) >= 11 is 0. The summed E-state index contributed by atoms with van der Waals surface area (Å²) in [5.41, 5.74) is 6.65. The number of carboxylic acids is 1. The van der Waals surface area contributed by atoms with Crippen LogP contribution >= 0.6 is 0 Å². The van der Waals surface area contributed by atoms with Crippen molar-refractivity contribution in [3.63, 3.8) is 0 Å². The second kappa shape index (κ2) is 6.68. The summed E-state index contributed by atoms with van der Waals surface area (Å²) in [7, 11) is -3.97. The van der Waals surface area contributed by atoms with Gasteiger partial charge in [0.15, 0.2) is 0 Å². The highest BCUT2D eigenvalue weighted by Gasteiger charge is 2.25. The smallest absolute Gasteiger partial charge is 0.321 e. The number of carbonyl (C=O) groups excluding carboxylic acids is 1. The second-order valence-electron chi connectivity index (χ2n) is 4.76. The predicted octanol–water partition coefficient (Wildman–Crippen LogP) is 0.300. The first kappa shape index (κ1) is 17.1. The lowest BCUT2D eigenvalue weighted by molar-refractivity contribution is -0.139. The van der Waals surface area contributed by atoms with Crippen molar-refractivity contribution in [2.24, 2.45) is 5.73 Å². The Morgan fingerprint density at radius 2 is 1.90 bits per heavy atom. The van der Waals surface area contributed by atoms with Crippen molar-refractivity contribution in [3.05, 3.63) is 29.3 Å². The van der Waals surface area contributed by atoms with Gasteiger partial charge in [0.05, 0.1) is 4.90 Å². The standard InChI is InChI=1S/C13H18N2O5S/c1-8-3-4-10(7-9(8)2)21(19,20)15-11(13(17)18)5-6-12(14)16/h3-4,7,11,15H,5-6H2,1-2H3,(H2,14,16)(H,17,18)/t11-/m0/s1. The number of sulfonamides is 1. The van der Waals surface area contributed by atoms with Crippen molar-refractivity contribution in [2.45, 2.75) is 37.6 Å². The van der Waals surface area contributed by atoms with Gasteiger partial charge in [0.25, 0.3) is 0 Å². The Kier molecular flexibility index (Phi) is 5.45. The van der Waals surface area contributed by atoms with Gasteiger partial charge in [0.2, 0.25) is 15.9 Å². The van der Waals surface area contributed by atoms with Crippen molar-refractivity contribution in [1.82, 2.24) is 4.72 Å². The Bertz CT molecular complexity index is 655. The van der Waals surface area contributed by atoms with E-state index in [1.807, 2.05) is 6.92 Å². The van der Waals surface area contributed by atoms with Crippen LogP contribution < -0.4 is 10.5 Å². The van der Waals surface area contributed by atoms with E-state index >= 15 is 0 Å². The number of amides is 1. The van der Waals surface area contributed by atoms with Crippen LogP contribution in [0.4, 0.5) is 0 Å². The summed E-state index contributed by atoms with van der Waals surface area (Å²) in [6.45, 7) is 3.60. The molecule has 116 valence electrons. The molecule has 0 aliphatic rings. The zero-order chi connectivity index (χ0) is 16.2. The first-order valence-corrected chi connectivity index (χ1v) is 7.72. The maximum Gasteiger partial charge on any atom is 0.321 e. The van der Waals surface area contributed by atoms with E-state index in [4.69, 9.17) is 10.8 Å². The molecule has 1 atom stereocenters. The van der Waals surface area contributed by atoms with Crippen LogP contribution in [0.3, 0.4) is 0 Å². The molecule has 7 nitrogen and oxygen atoms in total. The fourth-order valence-electron chi connectivity index (χ4n) is 1.66. The summed E-state index contributed by atoms with van der Waals surface area (Å²) in [6, 6.07) is 3.11. The summed E-state index contributed by atoms with van der Waals surface area (Å²) in [5, 5.41) is 9.02. The van der Waals surface area contributed by atoms with Gasteiger partial charge in [-0.1, -0.05) is 6.07 Å². The van der Waals surface area contributed by atoms with Crippen LogP contribution in [-0.4, -0.2) is 31.4 Å². The Labute approximate surface area is 123 Å². The molecule has 0 saturated carbocycles. The number of primary amides is 1. The van der Waals surface area contributed by atoms with E-state index in [1.54, 1.807) is 13.0 Å². The molecule has 0 radical (unpaired) electrons. The summed E-state index contributed by atoms with van der Waals surface area (Å²) in [6.07, 6.45) is -0.416. The molecule has 0 fully saturated rings. The van der Waals surface area contributed by atoms with Crippen LogP contribution in [0.5, 0.6) is 0 Å². The van der Waals surface area contributed by atoms with Gasteiger partial charge in [-0.3, -0.25) is 9.59 Å². The topological polar surface area (TPSA) is 127 Å². The lowest BCUT2D eigenvalue weighted by Crippen LogP contribution is -2.41. The van der Waals surface area contributed by atoms with Crippen molar-refractivity contribution in [2.75, 3.05) is 0 Å². The van der Waals surface area contributed by atoms with Gasteiger partial charge < -0.3 is 10.8 Å². The SMILES string of the molecule is Cc1ccc(S(=O)(=O)N[C@@H](CCC(N)=O)C(=O)O)cc1C. The van der Waals surface area contributed by atoms with E-state index in [0.29, 0.717) is 0 Å². The Balaban J connectivity index is 2.97. The van der Waals surface area contributed by atoms with Gasteiger partial charge >= 0.3 is 5.97 Å². The van der Waals surface area contributed by atoms with E-state index < -0.39 is 27.9 Å². The van der Waals surface area contributed by atoms with E-state index in [0.717, 1.165) is 11.1 Å². The van der Waals surface area contributed by atoms with E-state index in [9.17, 15) is 18.0 Å². The van der Waals surface area contributed by atoms with Crippen LogP contribution in [0.25, 0.3) is 0 Å². The van der Waals surface area contributed by atoms with Gasteiger partial charge in [-0.25, -0.2) is 8.42 Å². The lowest BCUT2D eigenvalue weighted by Gasteiger charge is -2.14. The number of rotatable bonds is 7. The van der Waals surface area contributed by atoms with Crippen LogP contribution in [0.15, 0.2) is 23.1 Å². The van der Waals surface area contributed by atoms with E-state index in [1.165, 1.54) is 12.1 Å². The molecule has 0 bridgehead atoms. The molecule has 1 aromatic rings. The zero-order valence-corrected chi connectivity index (χ0v) is 12.6. The molecule has 0 spiro atoms. The highest BCUT2D eigenvalue weighted by molar-refractivity contribution is 7.89. The first-order chi connectivity index (χ1) is 9.63. The van der Waals surface area contributed by atoms with Gasteiger partial charge in [0, 0.05) is 6.42 Å². The van der Waals surface area contributed by atoms with Crippen molar-refractivity contribution >= 4 is 21.9 Å². The minimum absolute atomic E-state index is 0.0177.